The van der Waals surface area contributed by atoms with E-state index in [-0.39, 0.29) is 41.9 Å². The minimum Gasteiger partial charge on any atom is -0.497 e. The predicted octanol–water partition coefficient (Wildman–Crippen LogP) is 9.62. The van der Waals surface area contributed by atoms with E-state index < -0.39 is 64.4 Å². The molecule has 0 radical (unpaired) electrons. The Labute approximate surface area is 439 Å². The number of anilines is 2. The number of carbonyl (C=O) groups is 4. The van der Waals surface area contributed by atoms with Gasteiger partial charge in [-0.15, -0.1) is 0 Å². The molecule has 1 aromatic heterocycles. The first-order chi connectivity index (χ1) is 37.1. The van der Waals surface area contributed by atoms with Crippen molar-refractivity contribution in [3.8, 4) is 23.3 Å². The van der Waals surface area contributed by atoms with Crippen molar-refractivity contribution in [1.29, 1.82) is 0 Å². The predicted molar refractivity (Wildman–Crippen MR) is 281 cm³/mol. The maximum atomic E-state index is 16.8. The second-order valence-electron chi connectivity index (χ2n) is 18.2. The van der Waals surface area contributed by atoms with Crippen LogP contribution in [0.3, 0.4) is 0 Å². The van der Waals surface area contributed by atoms with Crippen molar-refractivity contribution >= 4 is 61.9 Å². The zero-order valence-corrected chi connectivity index (χ0v) is 41.3. The number of aliphatic hydroxyl groups excluding tert-OH is 1. The van der Waals surface area contributed by atoms with Crippen LogP contribution in [0.1, 0.15) is 57.1 Å². The van der Waals surface area contributed by atoms with Gasteiger partial charge >= 0.3 is 12.1 Å². The summed E-state index contributed by atoms with van der Waals surface area (Å²) < 4.78 is 24.7. The number of aromatic nitrogens is 1. The number of nitrogens with zero attached hydrogens (tertiary/aromatic N) is 4. The molecule has 4 heterocycles. The Morgan fingerprint density at radius 3 is 2.18 bits per heavy atom. The molecule has 0 saturated carbocycles. The van der Waals surface area contributed by atoms with Crippen LogP contribution in [0.15, 0.2) is 176 Å². The van der Waals surface area contributed by atoms with E-state index in [4.69, 9.17) is 23.9 Å². The van der Waals surface area contributed by atoms with E-state index in [2.05, 4.69) is 17.2 Å². The molecule has 3 aliphatic rings. The number of nitro benzene ring substituents is 1. The summed E-state index contributed by atoms with van der Waals surface area (Å²) in [5.41, 5.74) is 1.70. The number of para-hydroxylation sites is 1. The summed E-state index contributed by atoms with van der Waals surface area (Å²) in [5, 5.41) is 24.6. The van der Waals surface area contributed by atoms with E-state index in [1.54, 1.807) is 79.9 Å². The molecule has 1 spiro atoms. The van der Waals surface area contributed by atoms with Gasteiger partial charge in [0.2, 0.25) is 11.8 Å². The first kappa shape index (κ1) is 49.0. The average Bonchev–Trinajstić information content (AvgIpc) is 4.03. The molecule has 16 nitrogen and oxygen atoms in total. The molecule has 17 heteroatoms. The Kier molecular flexibility index (Phi) is 13.3. The van der Waals surface area contributed by atoms with Gasteiger partial charge in [0.05, 0.1) is 52.5 Å². The highest BCUT2D eigenvalue weighted by atomic mass is 32.1. The van der Waals surface area contributed by atoms with Gasteiger partial charge in [0.15, 0.2) is 5.13 Å². The zero-order chi connectivity index (χ0) is 52.5. The number of methoxy groups -OCH3 is 1. The lowest BCUT2D eigenvalue weighted by Gasteiger charge is -2.46. The van der Waals surface area contributed by atoms with Crippen LogP contribution in [0, 0.1) is 27.9 Å². The molecule has 11 rings (SSSR count). The maximum absolute atomic E-state index is 16.8. The number of thiazole rings is 1. The third-order valence-corrected chi connectivity index (χ3v) is 14.9. The summed E-state index contributed by atoms with van der Waals surface area (Å²) in [5.74, 6) is 3.24. The molecular formula is C59H45N5O11S. The number of amides is 3. The summed E-state index contributed by atoms with van der Waals surface area (Å²) in [7, 11) is 1.56. The first-order valence-corrected chi connectivity index (χ1v) is 25.0. The van der Waals surface area contributed by atoms with Crippen LogP contribution in [0.5, 0.6) is 11.5 Å². The number of cyclic esters (lactones) is 1. The van der Waals surface area contributed by atoms with Crippen LogP contribution in [-0.4, -0.2) is 70.2 Å². The molecule has 0 bridgehead atoms. The van der Waals surface area contributed by atoms with Crippen molar-refractivity contribution in [1.82, 2.24) is 9.88 Å². The van der Waals surface area contributed by atoms with Crippen molar-refractivity contribution < 1.29 is 48.2 Å². The molecule has 378 valence electrons. The van der Waals surface area contributed by atoms with Crippen LogP contribution in [-0.2, 0) is 35.9 Å². The monoisotopic (exact) mass is 1030 g/mol. The number of esters is 1. The number of hydrogen-bond acceptors (Lipinski definition) is 14. The molecule has 8 aromatic rings. The van der Waals surface area contributed by atoms with Gasteiger partial charge in [0.25, 0.3) is 5.69 Å². The van der Waals surface area contributed by atoms with Gasteiger partial charge in [0.1, 0.15) is 42.3 Å². The lowest BCUT2D eigenvalue weighted by molar-refractivity contribution is -0.384. The highest BCUT2D eigenvalue weighted by Crippen LogP contribution is 2.66. The number of nitrogens with one attached hydrogen (secondary N) is 1. The number of carbonyl (C=O) groups excluding carboxylic acids is 4. The fourth-order valence-electron chi connectivity index (χ4n) is 10.8. The van der Waals surface area contributed by atoms with Gasteiger partial charge in [-0.1, -0.05) is 108 Å². The number of non-ortho nitro benzene ring substituents is 1. The first-order valence-electron chi connectivity index (χ1n) is 24.2. The van der Waals surface area contributed by atoms with E-state index >= 15 is 19.2 Å². The van der Waals surface area contributed by atoms with Gasteiger partial charge in [0, 0.05) is 23.3 Å². The van der Waals surface area contributed by atoms with Crippen molar-refractivity contribution in [3.63, 3.8) is 0 Å². The van der Waals surface area contributed by atoms with Gasteiger partial charge in [-0.25, -0.2) is 14.7 Å². The minimum absolute atomic E-state index is 0.0632. The number of aliphatic hydroxyl groups is 1. The molecule has 2 saturated heterocycles. The summed E-state index contributed by atoms with van der Waals surface area (Å²) in [6.07, 6.45) is -2.11. The van der Waals surface area contributed by atoms with Crippen LogP contribution in [0.25, 0.3) is 10.2 Å². The summed E-state index contributed by atoms with van der Waals surface area (Å²) in [6.45, 7) is -0.761. The summed E-state index contributed by atoms with van der Waals surface area (Å²) >= 11 is 1.21. The third kappa shape index (κ3) is 8.83. The van der Waals surface area contributed by atoms with E-state index in [1.807, 2.05) is 83.8 Å². The number of fused-ring (bicyclic) bond motifs is 4. The van der Waals surface area contributed by atoms with Crippen molar-refractivity contribution in [3.05, 3.63) is 225 Å². The highest BCUT2D eigenvalue weighted by Gasteiger charge is 2.76. The fourth-order valence-corrected chi connectivity index (χ4v) is 11.6. The quantitative estimate of drug-likeness (QED) is 0.0508. The molecule has 3 aliphatic heterocycles. The van der Waals surface area contributed by atoms with Crippen LogP contribution in [0.2, 0.25) is 0 Å². The smallest absolute Gasteiger partial charge is 0.421 e. The number of benzene rings is 7. The number of ether oxygens (including phenoxy) is 4. The molecule has 0 aliphatic carbocycles. The molecule has 7 aromatic carbocycles. The molecular weight excluding hydrogens is 987 g/mol. The second kappa shape index (κ2) is 20.6. The molecule has 2 N–H and O–H groups in total. The Balaban J connectivity index is 1.17. The molecule has 6 atom stereocenters. The van der Waals surface area contributed by atoms with Gasteiger partial charge < -0.3 is 29.4 Å². The van der Waals surface area contributed by atoms with Crippen LogP contribution < -0.4 is 19.7 Å². The Morgan fingerprint density at radius 2 is 1.47 bits per heavy atom. The van der Waals surface area contributed by atoms with E-state index in [9.17, 15) is 15.2 Å². The topological polar surface area (TPSA) is 200 Å². The number of hydrogen-bond donors (Lipinski definition) is 2. The lowest BCUT2D eigenvalue weighted by Crippen LogP contribution is -2.54. The van der Waals surface area contributed by atoms with Gasteiger partial charge in [-0.3, -0.25) is 29.4 Å². The standard InChI is InChI=1S/C59H45N5O11S/c1-72-43-28-23-36(24-29-43)19-20-37-25-30-47-45(33-37)59(56(68)62(47)58(69)74-35-38-21-26-42(27-22-38)64(70)71)49(54(66)61-57-60-46-17-8-9-18-48(46)76-57)51-55(67)75-52(40-13-6-3-7-14-40)50(39-11-4-2-5-12-39)63(51)53(59)41-15-10-16-44(34-41)73-32-31-65/h2-18,21-30,33-34,49-53,65H,31-32,35H2,1H3,(H,60,61,66). The Hall–Kier alpha value is -9.21. The maximum Gasteiger partial charge on any atom is 0.421 e. The number of morpholine rings is 1. The Morgan fingerprint density at radius 1 is 0.789 bits per heavy atom. The van der Waals surface area contributed by atoms with Crippen LogP contribution in [0.4, 0.5) is 21.3 Å². The minimum atomic E-state index is -2.20. The van der Waals surface area contributed by atoms with E-state index in [0.717, 1.165) is 9.60 Å². The average molecular weight is 1030 g/mol. The molecule has 76 heavy (non-hydrogen) atoms. The van der Waals surface area contributed by atoms with E-state index in [1.165, 1.54) is 35.6 Å². The largest absolute Gasteiger partial charge is 0.497 e. The van der Waals surface area contributed by atoms with Crippen molar-refractivity contribution in [2.45, 2.75) is 36.3 Å². The normalized spacial score (nSPS) is 20.5. The number of imide groups is 1. The van der Waals surface area contributed by atoms with Crippen molar-refractivity contribution in [2.24, 2.45) is 5.92 Å². The number of nitro groups is 1. The summed E-state index contributed by atoms with van der Waals surface area (Å²) in [6, 6.07) is 46.6. The molecule has 3 amide bonds. The number of rotatable bonds is 12. The van der Waals surface area contributed by atoms with Crippen molar-refractivity contribution in [2.75, 3.05) is 30.5 Å². The van der Waals surface area contributed by atoms with E-state index in [0.29, 0.717) is 50.4 Å². The summed E-state index contributed by atoms with van der Waals surface area (Å²) in [4.78, 5) is 81.9. The SMILES string of the molecule is COc1ccc(C#Cc2ccc3c(c2)C2(C(=O)N3C(=O)OCc3ccc([N+](=O)[O-])cc3)C(C(=O)Nc3nc4ccccc4s3)C3C(=O)OC(c4ccccc4)C(c4ccccc4)N3C2c2cccc(OCCO)c2)cc1. The van der Waals surface area contributed by atoms with Gasteiger partial charge in [-0.05, 0) is 107 Å². The fraction of sp³-hybridized carbons (Fsp3) is 0.169. The lowest BCUT2D eigenvalue weighted by atomic mass is 9.65. The zero-order valence-electron chi connectivity index (χ0n) is 40.5. The Bertz CT molecular complexity index is 3570. The second-order valence-corrected chi connectivity index (χ2v) is 19.2. The highest BCUT2D eigenvalue weighted by molar-refractivity contribution is 7.22. The molecule has 6 unspecified atom stereocenters. The third-order valence-electron chi connectivity index (χ3n) is 13.9. The van der Waals surface area contributed by atoms with Crippen LogP contribution >= 0.6 is 11.3 Å². The molecule has 2 fully saturated rings. The van der Waals surface area contributed by atoms with Gasteiger partial charge in [-0.2, -0.15) is 0 Å².